The number of amidine groups is 1. The number of aryl methyl sites for hydroxylation is 1. The van der Waals surface area contributed by atoms with Gasteiger partial charge >= 0.3 is 0 Å². The molecule has 1 aromatic heterocycles. The summed E-state index contributed by atoms with van der Waals surface area (Å²) in [5.41, 5.74) is 1.56. The van der Waals surface area contributed by atoms with Crippen LogP contribution in [-0.4, -0.2) is 47.7 Å². The van der Waals surface area contributed by atoms with Crippen LogP contribution in [0.4, 0.5) is 0 Å². The highest BCUT2D eigenvalue weighted by molar-refractivity contribution is 7.90. The summed E-state index contributed by atoms with van der Waals surface area (Å²) in [6.07, 6.45) is 5.08. The van der Waals surface area contributed by atoms with Crippen LogP contribution >= 0.6 is 0 Å². The van der Waals surface area contributed by atoms with Gasteiger partial charge in [-0.3, -0.25) is 4.79 Å². The van der Waals surface area contributed by atoms with Gasteiger partial charge < -0.3 is 14.8 Å². The van der Waals surface area contributed by atoms with Crippen LogP contribution in [0.3, 0.4) is 0 Å². The Bertz CT molecular complexity index is 1320. The maximum absolute atomic E-state index is 13.4. The second-order valence-electron chi connectivity index (χ2n) is 8.42. The van der Waals surface area contributed by atoms with Gasteiger partial charge in [0.1, 0.15) is 16.8 Å². The average Bonchev–Trinajstić information content (AvgIpc) is 3.38. The molecule has 2 aliphatic heterocycles. The number of carbonyl (C=O) groups excluding carboxylic acids is 1. The third kappa shape index (κ3) is 4.04. The number of aromatic nitrogens is 2. The molecule has 2 aromatic carbocycles. The molecular weight excluding hydrogens is 438 g/mol. The molecule has 1 fully saturated rings. The van der Waals surface area contributed by atoms with E-state index < -0.39 is 10.0 Å². The number of fused-ring (bicyclic) bond motifs is 1. The molecule has 3 aromatic rings. The molecule has 2 atom stereocenters. The Labute approximate surface area is 193 Å². The number of nitrogens with one attached hydrogen (secondary N) is 1. The molecule has 0 unspecified atom stereocenters. The van der Waals surface area contributed by atoms with Crippen molar-refractivity contribution in [3.05, 3.63) is 83.9 Å². The van der Waals surface area contributed by atoms with Crippen molar-refractivity contribution < 1.29 is 13.2 Å². The summed E-state index contributed by atoms with van der Waals surface area (Å²) in [6.45, 7) is 1.07. The smallest absolute Gasteiger partial charge is 0.285 e. The number of imidazole rings is 1. The third-order valence-electron chi connectivity index (χ3n) is 6.24. The minimum absolute atomic E-state index is 0.0775. The van der Waals surface area contributed by atoms with Gasteiger partial charge in [0.25, 0.3) is 10.0 Å². The summed E-state index contributed by atoms with van der Waals surface area (Å²) >= 11 is 0. The van der Waals surface area contributed by atoms with Crippen molar-refractivity contribution in [2.24, 2.45) is 17.4 Å². The highest BCUT2D eigenvalue weighted by Crippen LogP contribution is 2.30. The normalized spacial score (nSPS) is 20.1. The van der Waals surface area contributed by atoms with Gasteiger partial charge in [0.2, 0.25) is 5.91 Å². The Hall–Kier alpha value is -3.46. The van der Waals surface area contributed by atoms with E-state index in [0.717, 1.165) is 24.2 Å². The Morgan fingerprint density at radius 2 is 1.88 bits per heavy atom. The minimum atomic E-state index is -3.70. The van der Waals surface area contributed by atoms with Gasteiger partial charge in [0.05, 0.1) is 5.92 Å². The second kappa shape index (κ2) is 8.47. The number of benzene rings is 2. The van der Waals surface area contributed by atoms with Crippen molar-refractivity contribution in [3.63, 3.8) is 0 Å². The van der Waals surface area contributed by atoms with Gasteiger partial charge in [-0.2, -0.15) is 8.42 Å². The van der Waals surface area contributed by atoms with Crippen LogP contribution in [0.2, 0.25) is 0 Å². The predicted molar refractivity (Wildman–Crippen MR) is 124 cm³/mol. The Morgan fingerprint density at radius 3 is 2.64 bits per heavy atom. The molecule has 0 aliphatic carbocycles. The van der Waals surface area contributed by atoms with Crippen molar-refractivity contribution in [3.8, 4) is 0 Å². The van der Waals surface area contributed by atoms with Gasteiger partial charge in [0.15, 0.2) is 5.84 Å². The first-order chi connectivity index (χ1) is 15.9. The first-order valence-corrected chi connectivity index (χ1v) is 12.4. The Balaban J connectivity index is 1.38. The number of sulfonamides is 1. The highest BCUT2D eigenvalue weighted by Gasteiger charge is 2.36. The molecule has 0 bridgehead atoms. The van der Waals surface area contributed by atoms with Crippen LogP contribution in [0.1, 0.15) is 35.8 Å². The topological polar surface area (TPSA) is 96.7 Å². The molecule has 170 valence electrons. The highest BCUT2D eigenvalue weighted by atomic mass is 32.2. The first-order valence-electron chi connectivity index (χ1n) is 11.0. The predicted octanol–water partition coefficient (Wildman–Crippen LogP) is 2.49. The van der Waals surface area contributed by atoms with E-state index in [1.807, 2.05) is 53.0 Å². The van der Waals surface area contributed by atoms with Crippen LogP contribution in [0, 0.1) is 5.92 Å². The molecule has 2 aliphatic rings. The van der Waals surface area contributed by atoms with E-state index in [1.54, 1.807) is 30.5 Å². The number of rotatable bonds is 4. The maximum atomic E-state index is 13.4. The monoisotopic (exact) mass is 463 g/mol. The fraction of sp³-hybridized carbons (Fsp3) is 0.292. The second-order valence-corrected chi connectivity index (χ2v) is 9.99. The van der Waals surface area contributed by atoms with Crippen molar-refractivity contribution >= 4 is 21.8 Å². The molecular formula is C24H25N5O3S. The molecule has 3 heterocycles. The van der Waals surface area contributed by atoms with Crippen LogP contribution in [0.15, 0.2) is 76.3 Å². The van der Waals surface area contributed by atoms with Gasteiger partial charge in [-0.05, 0) is 30.5 Å². The van der Waals surface area contributed by atoms with Crippen molar-refractivity contribution in [1.82, 2.24) is 19.8 Å². The summed E-state index contributed by atoms with van der Waals surface area (Å²) in [5.74, 6) is 0.823. The lowest BCUT2D eigenvalue weighted by Crippen LogP contribution is -2.46. The molecule has 1 amide bonds. The van der Waals surface area contributed by atoms with Gasteiger partial charge in [-0.25, -0.2) is 4.98 Å². The van der Waals surface area contributed by atoms with Crippen LogP contribution in [-0.2, 0) is 21.9 Å². The molecule has 0 spiro atoms. The summed E-state index contributed by atoms with van der Waals surface area (Å²) in [4.78, 5) is 20.0. The lowest BCUT2D eigenvalue weighted by Gasteiger charge is -2.34. The van der Waals surface area contributed by atoms with E-state index in [0.29, 0.717) is 24.5 Å². The fourth-order valence-electron chi connectivity index (χ4n) is 4.56. The maximum Gasteiger partial charge on any atom is 0.285 e. The molecule has 5 rings (SSSR count). The quantitative estimate of drug-likeness (QED) is 0.641. The number of hydrogen-bond acceptors (Lipinski definition) is 5. The van der Waals surface area contributed by atoms with Crippen LogP contribution in [0.5, 0.6) is 0 Å². The van der Waals surface area contributed by atoms with Crippen molar-refractivity contribution in [1.29, 1.82) is 0 Å². The van der Waals surface area contributed by atoms with Crippen LogP contribution < -0.4 is 5.32 Å². The SMILES string of the molecule is Cn1ccnc1[C@@H](NC(=O)[C@@H]1CCCN(C2=NS(=O)(=O)c3ccccc32)C1)c1ccccc1. The standard InChI is InChI=1S/C24H25N5O3S/c1-28-15-13-25-23(28)21(17-8-3-2-4-9-17)26-24(30)18-10-7-14-29(16-18)22-19-11-5-6-12-20(19)33(31,32)27-22/h2-6,8-9,11-13,15,18,21H,7,10,14,16H2,1H3,(H,26,30)/t18-,21+/m1/s1. The largest absolute Gasteiger partial charge is 0.355 e. The zero-order valence-corrected chi connectivity index (χ0v) is 19.1. The van der Waals surface area contributed by atoms with E-state index in [-0.39, 0.29) is 22.8 Å². The number of likely N-dealkylation sites (tertiary alicyclic amines) is 1. The number of amides is 1. The Morgan fingerprint density at radius 1 is 1.12 bits per heavy atom. The van der Waals surface area contributed by atoms with Gasteiger partial charge in [0, 0.05) is 38.1 Å². The minimum Gasteiger partial charge on any atom is -0.355 e. The molecule has 1 saturated heterocycles. The van der Waals surface area contributed by atoms with Crippen molar-refractivity contribution in [2.45, 2.75) is 23.8 Å². The van der Waals surface area contributed by atoms with E-state index in [4.69, 9.17) is 0 Å². The number of carbonyl (C=O) groups is 1. The summed E-state index contributed by atoms with van der Waals surface area (Å²) in [5, 5.41) is 3.19. The van der Waals surface area contributed by atoms with E-state index in [9.17, 15) is 13.2 Å². The summed E-state index contributed by atoms with van der Waals surface area (Å²) in [7, 11) is -1.79. The molecule has 1 N–H and O–H groups in total. The average molecular weight is 464 g/mol. The van der Waals surface area contributed by atoms with E-state index in [2.05, 4.69) is 14.7 Å². The van der Waals surface area contributed by atoms with Gasteiger partial charge in [-0.1, -0.05) is 42.5 Å². The van der Waals surface area contributed by atoms with E-state index >= 15 is 0 Å². The zero-order valence-electron chi connectivity index (χ0n) is 18.3. The molecule has 0 saturated carbocycles. The lowest BCUT2D eigenvalue weighted by molar-refractivity contribution is -0.126. The van der Waals surface area contributed by atoms with E-state index in [1.165, 1.54) is 0 Å². The fourth-order valence-corrected chi connectivity index (χ4v) is 5.79. The number of hydrogen-bond donors (Lipinski definition) is 1. The van der Waals surface area contributed by atoms with Gasteiger partial charge in [-0.15, -0.1) is 4.40 Å². The van der Waals surface area contributed by atoms with Crippen molar-refractivity contribution in [2.75, 3.05) is 13.1 Å². The number of piperidine rings is 1. The molecule has 8 nitrogen and oxygen atoms in total. The zero-order chi connectivity index (χ0) is 23.0. The number of nitrogens with zero attached hydrogens (tertiary/aromatic N) is 4. The lowest BCUT2D eigenvalue weighted by atomic mass is 9.95. The first kappa shape index (κ1) is 21.4. The summed E-state index contributed by atoms with van der Waals surface area (Å²) < 4.78 is 30.9. The molecule has 9 heteroatoms. The Kier molecular flexibility index (Phi) is 5.49. The third-order valence-corrected chi connectivity index (χ3v) is 7.57. The van der Waals surface area contributed by atoms with Crippen LogP contribution in [0.25, 0.3) is 0 Å². The summed E-state index contributed by atoms with van der Waals surface area (Å²) in [6, 6.07) is 16.2. The molecule has 0 radical (unpaired) electrons. The molecule has 33 heavy (non-hydrogen) atoms.